The van der Waals surface area contributed by atoms with Gasteiger partial charge in [0.05, 0.1) is 5.52 Å². The molecule has 0 unspecified atom stereocenters. The van der Waals surface area contributed by atoms with Gasteiger partial charge in [-0.1, -0.05) is 0 Å². The van der Waals surface area contributed by atoms with Crippen molar-refractivity contribution in [2.75, 3.05) is 0 Å². The Labute approximate surface area is 89.2 Å². The molecule has 78 valence electrons. The minimum Gasteiger partial charge on any atom is -0.350 e. The van der Waals surface area contributed by atoms with Crippen LogP contribution in [0.25, 0.3) is 10.9 Å². The lowest BCUT2D eigenvalue weighted by Gasteiger charge is -2.09. The first-order chi connectivity index (χ1) is 7.00. The second-order valence-corrected chi connectivity index (χ2v) is 4.21. The molecule has 0 spiro atoms. The van der Waals surface area contributed by atoms with Crippen LogP contribution >= 0.6 is 0 Å². The molecule has 0 bridgehead atoms. The van der Waals surface area contributed by atoms with Gasteiger partial charge in [-0.15, -0.1) is 0 Å². The number of hydrogen-bond donors (Lipinski definition) is 0. The maximum Gasteiger partial charge on any atom is 0.192 e. The number of hydrogen-bond acceptors (Lipinski definition) is 1. The highest BCUT2D eigenvalue weighted by Crippen LogP contribution is 2.16. The van der Waals surface area contributed by atoms with Gasteiger partial charge in [0.25, 0.3) is 0 Å². The molecule has 0 aliphatic heterocycles. The molecule has 0 fully saturated rings. The molecule has 2 heteroatoms. The summed E-state index contributed by atoms with van der Waals surface area (Å²) >= 11 is 0. The average Bonchev–Trinajstić information content (AvgIpc) is 2.18. The number of aryl methyl sites for hydroxylation is 4. The first-order valence-corrected chi connectivity index (χ1v) is 5.08. The minimum absolute atomic E-state index is 0.145. The van der Waals surface area contributed by atoms with E-state index in [-0.39, 0.29) is 5.43 Å². The van der Waals surface area contributed by atoms with E-state index in [1.54, 1.807) is 0 Å². The molecular formula is C13H15NO. The summed E-state index contributed by atoms with van der Waals surface area (Å²) in [5, 5.41) is 0.820. The number of pyridine rings is 1. The normalized spacial score (nSPS) is 10.9. The second kappa shape index (κ2) is 3.23. The Morgan fingerprint density at radius 1 is 1.00 bits per heavy atom. The zero-order valence-corrected chi connectivity index (χ0v) is 9.59. The fraction of sp³-hybridized carbons (Fsp3) is 0.308. The molecule has 0 amide bonds. The van der Waals surface area contributed by atoms with Crippen LogP contribution in [0.2, 0.25) is 0 Å². The van der Waals surface area contributed by atoms with E-state index in [0.717, 1.165) is 16.5 Å². The van der Waals surface area contributed by atoms with Crippen molar-refractivity contribution in [3.8, 4) is 0 Å². The lowest BCUT2D eigenvalue weighted by Crippen LogP contribution is -2.10. The predicted molar refractivity (Wildman–Crippen MR) is 63.4 cm³/mol. The topological polar surface area (TPSA) is 22.0 Å². The second-order valence-electron chi connectivity index (χ2n) is 4.21. The largest absolute Gasteiger partial charge is 0.350 e. The van der Waals surface area contributed by atoms with Gasteiger partial charge < -0.3 is 4.57 Å². The Morgan fingerprint density at radius 2 is 1.60 bits per heavy atom. The minimum atomic E-state index is 0.145. The van der Waals surface area contributed by atoms with E-state index >= 15 is 0 Å². The van der Waals surface area contributed by atoms with Gasteiger partial charge in [-0.05, 0) is 44.0 Å². The number of rotatable bonds is 0. The SMILES string of the molecule is Cc1cc2c(=O)c(C)cn(C)c2cc1C. The summed E-state index contributed by atoms with van der Waals surface area (Å²) in [4.78, 5) is 11.9. The Kier molecular flexibility index (Phi) is 2.14. The van der Waals surface area contributed by atoms with Crippen LogP contribution in [-0.2, 0) is 7.05 Å². The molecule has 2 rings (SSSR count). The van der Waals surface area contributed by atoms with Crippen molar-refractivity contribution in [1.82, 2.24) is 4.57 Å². The molecule has 0 aliphatic carbocycles. The third-order valence-electron chi connectivity index (χ3n) is 2.98. The molecule has 1 heterocycles. The van der Waals surface area contributed by atoms with E-state index in [2.05, 4.69) is 13.0 Å². The third-order valence-corrected chi connectivity index (χ3v) is 2.98. The maximum atomic E-state index is 11.9. The first kappa shape index (κ1) is 9.97. The van der Waals surface area contributed by atoms with E-state index in [1.807, 2.05) is 37.7 Å². The van der Waals surface area contributed by atoms with E-state index < -0.39 is 0 Å². The molecule has 15 heavy (non-hydrogen) atoms. The molecule has 1 aromatic heterocycles. The summed E-state index contributed by atoms with van der Waals surface area (Å²) in [5.41, 5.74) is 4.35. The molecule has 0 saturated heterocycles. The Hall–Kier alpha value is -1.57. The van der Waals surface area contributed by atoms with Crippen molar-refractivity contribution in [3.63, 3.8) is 0 Å². The highest BCUT2D eigenvalue weighted by atomic mass is 16.1. The summed E-state index contributed by atoms with van der Waals surface area (Å²) in [7, 11) is 1.98. The Bertz CT molecular complexity index is 593. The van der Waals surface area contributed by atoms with E-state index in [4.69, 9.17) is 0 Å². The first-order valence-electron chi connectivity index (χ1n) is 5.08. The quantitative estimate of drug-likeness (QED) is 0.641. The molecule has 2 aromatic rings. The van der Waals surface area contributed by atoms with Gasteiger partial charge in [0.15, 0.2) is 5.43 Å². The summed E-state index contributed by atoms with van der Waals surface area (Å²) in [5.74, 6) is 0. The van der Waals surface area contributed by atoms with Crippen molar-refractivity contribution in [1.29, 1.82) is 0 Å². The van der Waals surface area contributed by atoms with E-state index in [9.17, 15) is 4.79 Å². The van der Waals surface area contributed by atoms with Crippen LogP contribution < -0.4 is 5.43 Å². The molecular weight excluding hydrogens is 186 g/mol. The van der Waals surface area contributed by atoms with Crippen molar-refractivity contribution < 1.29 is 0 Å². The van der Waals surface area contributed by atoms with Gasteiger partial charge in [-0.25, -0.2) is 0 Å². The Morgan fingerprint density at radius 3 is 2.27 bits per heavy atom. The van der Waals surface area contributed by atoms with Gasteiger partial charge in [0.1, 0.15) is 0 Å². The third kappa shape index (κ3) is 1.46. The Balaban J connectivity index is 3.04. The monoisotopic (exact) mass is 201 g/mol. The summed E-state index contributed by atoms with van der Waals surface area (Å²) in [6.07, 6.45) is 1.89. The van der Waals surface area contributed by atoms with Crippen LogP contribution in [0.1, 0.15) is 16.7 Å². The van der Waals surface area contributed by atoms with E-state index in [1.165, 1.54) is 11.1 Å². The maximum absolute atomic E-state index is 11.9. The summed E-state index contributed by atoms with van der Waals surface area (Å²) < 4.78 is 2.01. The standard InChI is InChI=1S/C13H15NO/c1-8-5-11-12(6-9(8)2)14(4)7-10(3)13(11)15/h5-7H,1-4H3. The smallest absolute Gasteiger partial charge is 0.192 e. The fourth-order valence-electron chi connectivity index (χ4n) is 1.91. The zero-order valence-electron chi connectivity index (χ0n) is 9.59. The zero-order chi connectivity index (χ0) is 11.2. The van der Waals surface area contributed by atoms with Gasteiger partial charge >= 0.3 is 0 Å². The fourth-order valence-corrected chi connectivity index (χ4v) is 1.91. The number of benzene rings is 1. The van der Waals surface area contributed by atoms with Crippen LogP contribution in [0.5, 0.6) is 0 Å². The molecule has 0 aliphatic rings. The van der Waals surface area contributed by atoms with Crippen LogP contribution in [-0.4, -0.2) is 4.57 Å². The highest BCUT2D eigenvalue weighted by Gasteiger charge is 2.05. The average molecular weight is 201 g/mol. The lowest BCUT2D eigenvalue weighted by atomic mass is 10.0. The van der Waals surface area contributed by atoms with Gasteiger partial charge in [-0.2, -0.15) is 0 Å². The molecule has 0 radical (unpaired) electrons. The predicted octanol–water partition coefficient (Wildman–Crippen LogP) is 2.46. The summed E-state index contributed by atoms with van der Waals surface area (Å²) in [6.45, 7) is 5.96. The van der Waals surface area contributed by atoms with Gasteiger partial charge in [-0.3, -0.25) is 4.79 Å². The van der Waals surface area contributed by atoms with Crippen molar-refractivity contribution in [3.05, 3.63) is 45.2 Å². The van der Waals surface area contributed by atoms with E-state index in [0.29, 0.717) is 0 Å². The molecule has 0 saturated carbocycles. The molecule has 1 aromatic carbocycles. The number of aromatic nitrogens is 1. The molecule has 0 N–H and O–H groups in total. The molecule has 0 atom stereocenters. The van der Waals surface area contributed by atoms with Crippen molar-refractivity contribution >= 4 is 10.9 Å². The highest BCUT2D eigenvalue weighted by molar-refractivity contribution is 5.81. The van der Waals surface area contributed by atoms with Crippen molar-refractivity contribution in [2.24, 2.45) is 7.05 Å². The van der Waals surface area contributed by atoms with Crippen LogP contribution in [0.4, 0.5) is 0 Å². The van der Waals surface area contributed by atoms with Crippen LogP contribution in [0.3, 0.4) is 0 Å². The van der Waals surface area contributed by atoms with Crippen LogP contribution in [0, 0.1) is 20.8 Å². The molecule has 2 nitrogen and oxygen atoms in total. The number of nitrogens with zero attached hydrogens (tertiary/aromatic N) is 1. The van der Waals surface area contributed by atoms with Gasteiger partial charge in [0.2, 0.25) is 0 Å². The van der Waals surface area contributed by atoms with Crippen LogP contribution in [0.15, 0.2) is 23.1 Å². The van der Waals surface area contributed by atoms with Gasteiger partial charge in [0, 0.05) is 24.2 Å². The lowest BCUT2D eigenvalue weighted by molar-refractivity contribution is 0.937. The number of fused-ring (bicyclic) bond motifs is 1. The van der Waals surface area contributed by atoms with Crippen molar-refractivity contribution in [2.45, 2.75) is 20.8 Å². The summed E-state index contributed by atoms with van der Waals surface area (Å²) in [6, 6.07) is 4.06.